The highest BCUT2D eigenvalue weighted by Crippen LogP contribution is 2.23. The minimum absolute atomic E-state index is 0.297. The van der Waals surface area contributed by atoms with Crippen molar-refractivity contribution in [2.45, 2.75) is 39.5 Å². The largest absolute Gasteiger partial charge is 0.342 e. The molecule has 2 N–H and O–H groups in total. The molecule has 1 aliphatic heterocycles. The van der Waals surface area contributed by atoms with E-state index in [1.54, 1.807) is 0 Å². The van der Waals surface area contributed by atoms with Gasteiger partial charge in [0.1, 0.15) is 0 Å². The molecule has 0 spiro atoms. The minimum Gasteiger partial charge on any atom is -0.342 e. The van der Waals surface area contributed by atoms with E-state index in [1.165, 1.54) is 6.42 Å². The van der Waals surface area contributed by atoms with E-state index >= 15 is 0 Å². The van der Waals surface area contributed by atoms with Crippen molar-refractivity contribution in [3.8, 4) is 0 Å². The zero-order valence-electron chi connectivity index (χ0n) is 10.0. The molecule has 1 fully saturated rings. The standard InChI is InChI=1S/C12H24N2O/c1-10(2)11-5-4-8-14(9-11)12(15)6-3-7-13/h10-11H,3-9,13H2,1-2H3. The lowest BCUT2D eigenvalue weighted by Gasteiger charge is -2.34. The molecule has 0 aromatic rings. The van der Waals surface area contributed by atoms with E-state index < -0.39 is 0 Å². The summed E-state index contributed by atoms with van der Waals surface area (Å²) < 4.78 is 0. The molecule has 15 heavy (non-hydrogen) atoms. The highest BCUT2D eigenvalue weighted by molar-refractivity contribution is 5.76. The van der Waals surface area contributed by atoms with Crippen LogP contribution in [0.3, 0.4) is 0 Å². The molecule has 1 aliphatic rings. The van der Waals surface area contributed by atoms with Gasteiger partial charge in [0.05, 0.1) is 0 Å². The molecule has 0 aliphatic carbocycles. The van der Waals surface area contributed by atoms with Crippen LogP contribution in [0.1, 0.15) is 39.5 Å². The number of rotatable bonds is 4. The van der Waals surface area contributed by atoms with Gasteiger partial charge in [0.15, 0.2) is 0 Å². The molecule has 1 atom stereocenters. The molecule has 0 aromatic heterocycles. The Morgan fingerprint density at radius 1 is 1.53 bits per heavy atom. The molecule has 0 aromatic carbocycles. The van der Waals surface area contributed by atoms with E-state index in [0.29, 0.717) is 30.7 Å². The van der Waals surface area contributed by atoms with Crippen LogP contribution in [-0.4, -0.2) is 30.4 Å². The highest BCUT2D eigenvalue weighted by Gasteiger charge is 2.24. The maximum Gasteiger partial charge on any atom is 0.222 e. The van der Waals surface area contributed by atoms with Gasteiger partial charge in [0.25, 0.3) is 0 Å². The molecule has 0 saturated carbocycles. The predicted molar refractivity (Wildman–Crippen MR) is 62.4 cm³/mol. The topological polar surface area (TPSA) is 46.3 Å². The Bertz CT molecular complexity index is 204. The second-order valence-electron chi connectivity index (χ2n) is 4.88. The summed E-state index contributed by atoms with van der Waals surface area (Å²) in [5.74, 6) is 1.68. The summed E-state index contributed by atoms with van der Waals surface area (Å²) in [6.07, 6.45) is 3.89. The zero-order valence-corrected chi connectivity index (χ0v) is 10.0. The molecule has 0 bridgehead atoms. The fourth-order valence-corrected chi connectivity index (χ4v) is 2.19. The van der Waals surface area contributed by atoms with Crippen LogP contribution in [0, 0.1) is 11.8 Å². The van der Waals surface area contributed by atoms with Gasteiger partial charge in [-0.25, -0.2) is 0 Å². The molecule has 0 radical (unpaired) electrons. The van der Waals surface area contributed by atoms with Crippen molar-refractivity contribution in [1.29, 1.82) is 0 Å². The second-order valence-corrected chi connectivity index (χ2v) is 4.88. The monoisotopic (exact) mass is 212 g/mol. The predicted octanol–water partition coefficient (Wildman–Crippen LogP) is 1.62. The van der Waals surface area contributed by atoms with Crippen molar-refractivity contribution in [2.75, 3.05) is 19.6 Å². The SMILES string of the molecule is CC(C)C1CCCN(C(=O)CCCN)C1. The van der Waals surface area contributed by atoms with Crippen molar-refractivity contribution in [3.05, 3.63) is 0 Å². The third kappa shape index (κ3) is 3.82. The van der Waals surface area contributed by atoms with Gasteiger partial charge in [-0.15, -0.1) is 0 Å². The van der Waals surface area contributed by atoms with Crippen LogP contribution in [-0.2, 0) is 4.79 Å². The van der Waals surface area contributed by atoms with Gasteiger partial charge in [0, 0.05) is 19.5 Å². The first kappa shape index (κ1) is 12.5. The lowest BCUT2D eigenvalue weighted by molar-refractivity contribution is -0.133. The molecule has 1 unspecified atom stereocenters. The van der Waals surface area contributed by atoms with Crippen molar-refractivity contribution >= 4 is 5.91 Å². The number of piperidine rings is 1. The van der Waals surface area contributed by atoms with Crippen LogP contribution in [0.15, 0.2) is 0 Å². The van der Waals surface area contributed by atoms with E-state index in [1.807, 2.05) is 4.90 Å². The Hall–Kier alpha value is -0.570. The average Bonchev–Trinajstić information content (AvgIpc) is 2.26. The smallest absolute Gasteiger partial charge is 0.222 e. The van der Waals surface area contributed by atoms with Gasteiger partial charge >= 0.3 is 0 Å². The normalized spacial score (nSPS) is 22.1. The maximum absolute atomic E-state index is 11.8. The molecule has 3 nitrogen and oxygen atoms in total. The van der Waals surface area contributed by atoms with Crippen LogP contribution >= 0.6 is 0 Å². The van der Waals surface area contributed by atoms with Gasteiger partial charge < -0.3 is 10.6 Å². The Kier molecular flexibility index (Phi) is 5.09. The van der Waals surface area contributed by atoms with Crippen molar-refractivity contribution in [2.24, 2.45) is 17.6 Å². The summed E-state index contributed by atoms with van der Waals surface area (Å²) in [4.78, 5) is 13.8. The van der Waals surface area contributed by atoms with Crippen LogP contribution in [0.2, 0.25) is 0 Å². The fourth-order valence-electron chi connectivity index (χ4n) is 2.19. The van der Waals surface area contributed by atoms with Gasteiger partial charge in [-0.1, -0.05) is 13.8 Å². The Labute approximate surface area is 93.0 Å². The molecule has 1 heterocycles. The van der Waals surface area contributed by atoms with Gasteiger partial charge in [0.2, 0.25) is 5.91 Å². The van der Waals surface area contributed by atoms with E-state index in [2.05, 4.69) is 13.8 Å². The van der Waals surface area contributed by atoms with E-state index in [4.69, 9.17) is 5.73 Å². The number of carbonyl (C=O) groups is 1. The van der Waals surface area contributed by atoms with E-state index in [9.17, 15) is 4.79 Å². The summed E-state index contributed by atoms with van der Waals surface area (Å²) in [6.45, 7) is 7.03. The van der Waals surface area contributed by atoms with Crippen LogP contribution < -0.4 is 5.73 Å². The molecule has 3 heteroatoms. The molecule has 88 valence electrons. The summed E-state index contributed by atoms with van der Waals surface area (Å²) >= 11 is 0. The van der Waals surface area contributed by atoms with Gasteiger partial charge in [-0.2, -0.15) is 0 Å². The number of nitrogens with zero attached hydrogens (tertiary/aromatic N) is 1. The first-order valence-corrected chi connectivity index (χ1v) is 6.13. The van der Waals surface area contributed by atoms with Crippen LogP contribution in [0.4, 0.5) is 0 Å². The third-order valence-corrected chi connectivity index (χ3v) is 3.35. The van der Waals surface area contributed by atoms with E-state index in [-0.39, 0.29) is 0 Å². The molecule has 1 saturated heterocycles. The molecule has 1 rings (SSSR count). The Morgan fingerprint density at radius 2 is 2.27 bits per heavy atom. The lowest BCUT2D eigenvalue weighted by atomic mass is 9.88. The van der Waals surface area contributed by atoms with E-state index in [0.717, 1.165) is 25.9 Å². The van der Waals surface area contributed by atoms with Crippen molar-refractivity contribution in [1.82, 2.24) is 4.90 Å². The number of likely N-dealkylation sites (tertiary alicyclic amines) is 1. The third-order valence-electron chi connectivity index (χ3n) is 3.35. The van der Waals surface area contributed by atoms with Crippen molar-refractivity contribution in [3.63, 3.8) is 0 Å². The minimum atomic E-state index is 0.297. The summed E-state index contributed by atoms with van der Waals surface area (Å²) in [5, 5.41) is 0. The summed E-state index contributed by atoms with van der Waals surface area (Å²) in [7, 11) is 0. The Balaban J connectivity index is 2.38. The second kappa shape index (κ2) is 6.11. The number of carbonyl (C=O) groups excluding carboxylic acids is 1. The van der Waals surface area contributed by atoms with Gasteiger partial charge in [-0.05, 0) is 37.6 Å². The van der Waals surface area contributed by atoms with Gasteiger partial charge in [-0.3, -0.25) is 4.79 Å². The molecular weight excluding hydrogens is 188 g/mol. The maximum atomic E-state index is 11.8. The molecular formula is C12H24N2O. The highest BCUT2D eigenvalue weighted by atomic mass is 16.2. The van der Waals surface area contributed by atoms with Crippen LogP contribution in [0.5, 0.6) is 0 Å². The first-order chi connectivity index (χ1) is 7.15. The zero-order chi connectivity index (χ0) is 11.3. The van der Waals surface area contributed by atoms with Crippen molar-refractivity contribution < 1.29 is 4.79 Å². The number of nitrogens with two attached hydrogens (primary N) is 1. The van der Waals surface area contributed by atoms with Crippen LogP contribution in [0.25, 0.3) is 0 Å². The number of hydrogen-bond donors (Lipinski definition) is 1. The number of hydrogen-bond acceptors (Lipinski definition) is 2. The Morgan fingerprint density at radius 3 is 2.87 bits per heavy atom. The number of amides is 1. The quantitative estimate of drug-likeness (QED) is 0.769. The lowest BCUT2D eigenvalue weighted by Crippen LogP contribution is -2.41. The first-order valence-electron chi connectivity index (χ1n) is 6.13. The average molecular weight is 212 g/mol. The summed E-state index contributed by atoms with van der Waals surface area (Å²) in [6, 6.07) is 0. The molecule has 1 amide bonds. The fraction of sp³-hybridized carbons (Fsp3) is 0.917. The summed E-state index contributed by atoms with van der Waals surface area (Å²) in [5.41, 5.74) is 5.41.